The van der Waals surface area contributed by atoms with Crippen LogP contribution >= 0.6 is 0 Å². The number of aromatic nitrogens is 4. The summed E-state index contributed by atoms with van der Waals surface area (Å²) in [4.78, 5) is 24.1. The Balaban J connectivity index is 1.39. The predicted octanol–water partition coefficient (Wildman–Crippen LogP) is 1.79. The summed E-state index contributed by atoms with van der Waals surface area (Å²) in [7, 11) is 0. The molecule has 1 unspecified atom stereocenters. The molecule has 3 aromatic rings. The molecule has 1 aliphatic rings. The van der Waals surface area contributed by atoms with Crippen molar-refractivity contribution in [2.45, 2.75) is 38.3 Å². The Morgan fingerprint density at radius 3 is 2.66 bits per heavy atom. The number of nitrogen functional groups attached to an aromatic ring is 1. The van der Waals surface area contributed by atoms with Crippen molar-refractivity contribution in [3.8, 4) is 0 Å². The highest BCUT2D eigenvalue weighted by atomic mass is 16.5. The standard InChI is InChI=1S/C20H25N7O2/c21-15(28)8-7-13-3-5-14(6-4-13)9-10-23-20-25-18(22)17-19(26-20)27(12-24-17)16-2-1-11-29-16/h3-6,12,16H,1-2,7-11H2,(H2,21,28)(H3,22,23,25,26). The van der Waals surface area contributed by atoms with Crippen LogP contribution in [0.2, 0.25) is 0 Å². The van der Waals surface area contributed by atoms with E-state index in [0.717, 1.165) is 31.4 Å². The number of nitrogens with two attached hydrogens (primary N) is 2. The maximum absolute atomic E-state index is 10.9. The van der Waals surface area contributed by atoms with Gasteiger partial charge < -0.3 is 21.5 Å². The molecule has 29 heavy (non-hydrogen) atoms. The Bertz CT molecular complexity index is 994. The van der Waals surface area contributed by atoms with Gasteiger partial charge in [0.1, 0.15) is 11.7 Å². The second-order valence-corrected chi connectivity index (χ2v) is 7.18. The molecule has 0 bridgehead atoms. The number of benzene rings is 1. The number of aryl methyl sites for hydroxylation is 1. The molecule has 1 aliphatic heterocycles. The van der Waals surface area contributed by atoms with Crippen molar-refractivity contribution in [2.75, 3.05) is 24.2 Å². The predicted molar refractivity (Wildman–Crippen MR) is 110 cm³/mol. The lowest BCUT2D eigenvalue weighted by Crippen LogP contribution is -2.12. The molecule has 3 heterocycles. The van der Waals surface area contributed by atoms with Gasteiger partial charge in [0.2, 0.25) is 11.9 Å². The number of primary amides is 1. The topological polar surface area (TPSA) is 134 Å². The van der Waals surface area contributed by atoms with E-state index in [9.17, 15) is 4.79 Å². The number of carbonyl (C=O) groups excluding carboxylic acids is 1. The van der Waals surface area contributed by atoms with Gasteiger partial charge >= 0.3 is 0 Å². The van der Waals surface area contributed by atoms with Gasteiger partial charge in [0.15, 0.2) is 11.5 Å². The number of hydrogen-bond acceptors (Lipinski definition) is 7. The zero-order valence-electron chi connectivity index (χ0n) is 16.2. The van der Waals surface area contributed by atoms with Crippen molar-refractivity contribution in [3.05, 3.63) is 41.7 Å². The fourth-order valence-corrected chi connectivity index (χ4v) is 3.47. The van der Waals surface area contributed by atoms with Crippen LogP contribution in [0, 0.1) is 0 Å². The van der Waals surface area contributed by atoms with Gasteiger partial charge in [0.25, 0.3) is 0 Å². The van der Waals surface area contributed by atoms with Crippen molar-refractivity contribution in [1.82, 2.24) is 19.5 Å². The Morgan fingerprint density at radius 2 is 1.97 bits per heavy atom. The van der Waals surface area contributed by atoms with Crippen LogP contribution in [0.3, 0.4) is 0 Å². The third kappa shape index (κ3) is 4.45. The highest BCUT2D eigenvalue weighted by molar-refractivity contribution is 5.83. The lowest BCUT2D eigenvalue weighted by Gasteiger charge is -2.12. The lowest BCUT2D eigenvalue weighted by atomic mass is 10.1. The molecule has 1 aromatic carbocycles. The number of carbonyl (C=O) groups is 1. The van der Waals surface area contributed by atoms with E-state index >= 15 is 0 Å². The molecule has 4 rings (SSSR count). The van der Waals surface area contributed by atoms with Crippen LogP contribution in [0.25, 0.3) is 11.2 Å². The van der Waals surface area contributed by atoms with Crippen LogP contribution in [0.4, 0.5) is 11.8 Å². The summed E-state index contributed by atoms with van der Waals surface area (Å²) >= 11 is 0. The molecule has 5 N–H and O–H groups in total. The molecule has 1 atom stereocenters. The van der Waals surface area contributed by atoms with Gasteiger partial charge in [-0.2, -0.15) is 9.97 Å². The first kappa shape index (κ1) is 19.1. The van der Waals surface area contributed by atoms with Crippen LogP contribution in [-0.2, 0) is 22.4 Å². The highest BCUT2D eigenvalue weighted by Crippen LogP contribution is 2.28. The molecule has 1 saturated heterocycles. The second-order valence-electron chi connectivity index (χ2n) is 7.18. The average Bonchev–Trinajstić information content (AvgIpc) is 3.37. The molecular weight excluding hydrogens is 370 g/mol. The zero-order chi connectivity index (χ0) is 20.2. The number of hydrogen-bond donors (Lipinski definition) is 3. The largest absolute Gasteiger partial charge is 0.382 e. The van der Waals surface area contributed by atoms with Gasteiger partial charge in [-0.05, 0) is 36.8 Å². The molecule has 0 radical (unpaired) electrons. The molecule has 0 spiro atoms. The summed E-state index contributed by atoms with van der Waals surface area (Å²) in [6.07, 6.45) is 5.47. The number of nitrogens with one attached hydrogen (secondary N) is 1. The van der Waals surface area contributed by atoms with Crippen molar-refractivity contribution in [1.29, 1.82) is 0 Å². The molecule has 152 valence electrons. The smallest absolute Gasteiger partial charge is 0.226 e. The maximum Gasteiger partial charge on any atom is 0.226 e. The lowest BCUT2D eigenvalue weighted by molar-refractivity contribution is -0.117. The Kier molecular flexibility index (Phi) is 5.57. The van der Waals surface area contributed by atoms with Gasteiger partial charge in [-0.15, -0.1) is 0 Å². The van der Waals surface area contributed by atoms with Gasteiger partial charge in [-0.25, -0.2) is 4.98 Å². The molecule has 2 aromatic heterocycles. The van der Waals surface area contributed by atoms with Crippen LogP contribution in [0.5, 0.6) is 0 Å². The molecule has 1 fully saturated rings. The quantitative estimate of drug-likeness (QED) is 0.529. The third-order valence-corrected chi connectivity index (χ3v) is 5.04. The SMILES string of the molecule is NC(=O)CCc1ccc(CCNc2nc(N)c3ncn(C4CCCO4)c3n2)cc1. The minimum atomic E-state index is -0.282. The fraction of sp³-hybridized carbons (Fsp3) is 0.400. The Morgan fingerprint density at radius 1 is 1.21 bits per heavy atom. The molecule has 9 heteroatoms. The van der Waals surface area contributed by atoms with E-state index in [-0.39, 0.29) is 12.1 Å². The first-order valence-electron chi connectivity index (χ1n) is 9.82. The van der Waals surface area contributed by atoms with E-state index < -0.39 is 0 Å². The number of fused-ring (bicyclic) bond motifs is 1. The first-order chi connectivity index (χ1) is 14.1. The zero-order valence-corrected chi connectivity index (χ0v) is 16.2. The second kappa shape index (κ2) is 8.44. The van der Waals surface area contributed by atoms with Crippen LogP contribution < -0.4 is 16.8 Å². The minimum absolute atomic E-state index is 0.0461. The van der Waals surface area contributed by atoms with Gasteiger partial charge in [0, 0.05) is 19.6 Å². The van der Waals surface area contributed by atoms with Crippen molar-refractivity contribution in [2.24, 2.45) is 5.73 Å². The van der Waals surface area contributed by atoms with E-state index in [0.29, 0.717) is 42.3 Å². The number of rotatable bonds is 8. The third-order valence-electron chi connectivity index (χ3n) is 5.04. The van der Waals surface area contributed by atoms with Gasteiger partial charge in [-0.1, -0.05) is 24.3 Å². The maximum atomic E-state index is 10.9. The monoisotopic (exact) mass is 395 g/mol. The van der Waals surface area contributed by atoms with Crippen molar-refractivity contribution < 1.29 is 9.53 Å². The Labute approximate surface area is 168 Å². The summed E-state index contributed by atoms with van der Waals surface area (Å²) in [6.45, 7) is 1.41. The van der Waals surface area contributed by atoms with Crippen LogP contribution in [-0.4, -0.2) is 38.6 Å². The van der Waals surface area contributed by atoms with Crippen molar-refractivity contribution in [3.63, 3.8) is 0 Å². The number of anilines is 2. The van der Waals surface area contributed by atoms with E-state index in [4.69, 9.17) is 16.2 Å². The molecular formula is C20H25N7O2. The number of ether oxygens (including phenoxy) is 1. The summed E-state index contributed by atoms with van der Waals surface area (Å²) in [5.41, 5.74) is 14.8. The average molecular weight is 395 g/mol. The fourth-order valence-electron chi connectivity index (χ4n) is 3.47. The van der Waals surface area contributed by atoms with E-state index in [2.05, 4.69) is 32.4 Å². The molecule has 9 nitrogen and oxygen atoms in total. The summed E-state index contributed by atoms with van der Waals surface area (Å²) in [5, 5.41) is 3.24. The van der Waals surface area contributed by atoms with Gasteiger partial charge in [-0.3, -0.25) is 9.36 Å². The molecule has 1 amide bonds. The van der Waals surface area contributed by atoms with Crippen LogP contribution in [0.15, 0.2) is 30.6 Å². The number of imidazole rings is 1. The number of amides is 1. The normalized spacial score (nSPS) is 16.3. The number of nitrogens with zero attached hydrogens (tertiary/aromatic N) is 4. The van der Waals surface area contributed by atoms with Crippen LogP contribution in [0.1, 0.15) is 36.6 Å². The van der Waals surface area contributed by atoms with E-state index in [1.54, 1.807) is 6.33 Å². The summed E-state index contributed by atoms with van der Waals surface area (Å²) in [5.74, 6) is 0.552. The first-order valence-corrected chi connectivity index (χ1v) is 9.82. The molecule has 0 saturated carbocycles. The summed E-state index contributed by atoms with van der Waals surface area (Å²) < 4.78 is 7.67. The Hall–Kier alpha value is -3.20. The van der Waals surface area contributed by atoms with E-state index in [1.807, 2.05) is 16.7 Å². The molecule has 0 aliphatic carbocycles. The minimum Gasteiger partial charge on any atom is -0.382 e. The highest BCUT2D eigenvalue weighted by Gasteiger charge is 2.21. The van der Waals surface area contributed by atoms with Gasteiger partial charge in [0.05, 0.1) is 6.33 Å². The summed E-state index contributed by atoms with van der Waals surface area (Å²) in [6, 6.07) is 8.17. The van der Waals surface area contributed by atoms with Crippen molar-refractivity contribution >= 4 is 28.8 Å². The van der Waals surface area contributed by atoms with E-state index in [1.165, 1.54) is 5.56 Å².